The van der Waals surface area contributed by atoms with E-state index in [1.807, 2.05) is 36.9 Å². The van der Waals surface area contributed by atoms with Crippen LogP contribution in [-0.4, -0.2) is 57.8 Å². The summed E-state index contributed by atoms with van der Waals surface area (Å²) in [4.78, 5) is 47.6. The van der Waals surface area contributed by atoms with Gasteiger partial charge in [0.25, 0.3) is 5.91 Å². The molecule has 1 atom stereocenters. The van der Waals surface area contributed by atoms with Crippen LogP contribution in [0.5, 0.6) is 0 Å². The number of nitrogens with zero attached hydrogens (tertiary/aromatic N) is 3. The predicted octanol–water partition coefficient (Wildman–Crippen LogP) is 3.96. The first-order chi connectivity index (χ1) is 16.4. The highest BCUT2D eigenvalue weighted by Gasteiger charge is 2.54. The number of aromatic nitrogens is 1. The van der Waals surface area contributed by atoms with E-state index in [9.17, 15) is 14.4 Å². The lowest BCUT2D eigenvalue weighted by Crippen LogP contribution is -2.56. The number of thiazole rings is 1. The fourth-order valence-corrected chi connectivity index (χ4v) is 6.07. The van der Waals surface area contributed by atoms with E-state index < -0.39 is 5.54 Å². The molecule has 1 aromatic carbocycles. The molecule has 1 N–H and O–H groups in total. The largest absolute Gasteiger partial charge is 0.343 e. The van der Waals surface area contributed by atoms with Crippen molar-refractivity contribution in [1.29, 1.82) is 0 Å². The van der Waals surface area contributed by atoms with Crippen LogP contribution in [-0.2, 0) is 22.4 Å². The smallest absolute Gasteiger partial charge is 0.325 e. The number of imide groups is 1. The standard InChI is InChI=1S/C26H34N4O3S/c1-3-26(24(32)30(25(33)28-26)17-14-22-19(2)27-18-34-22)21-12-15-29(16-13-21)23(31)11-7-10-20-8-5-4-6-9-20/h4-6,8-9,18,21H,3,7,10-17H2,1-2H3,(H,28,33)/t26-/m1/s1. The lowest BCUT2D eigenvalue weighted by atomic mass is 9.75. The molecule has 0 bridgehead atoms. The third kappa shape index (κ3) is 5.02. The summed E-state index contributed by atoms with van der Waals surface area (Å²) in [6.45, 7) is 5.56. The molecule has 4 amide bonds. The van der Waals surface area contributed by atoms with Crippen molar-refractivity contribution >= 4 is 29.2 Å². The van der Waals surface area contributed by atoms with Crippen LogP contribution in [0.3, 0.4) is 0 Å². The maximum Gasteiger partial charge on any atom is 0.325 e. The third-order valence-corrected chi connectivity index (χ3v) is 8.41. The monoisotopic (exact) mass is 482 g/mol. The Morgan fingerprint density at radius 1 is 1.18 bits per heavy atom. The van der Waals surface area contributed by atoms with Gasteiger partial charge in [0.05, 0.1) is 11.2 Å². The highest BCUT2D eigenvalue weighted by molar-refractivity contribution is 7.09. The van der Waals surface area contributed by atoms with Gasteiger partial charge in [0.15, 0.2) is 0 Å². The molecule has 2 fully saturated rings. The summed E-state index contributed by atoms with van der Waals surface area (Å²) in [6, 6.07) is 9.94. The quantitative estimate of drug-likeness (QED) is 0.549. The molecule has 7 nitrogen and oxygen atoms in total. The van der Waals surface area contributed by atoms with Gasteiger partial charge in [-0.2, -0.15) is 0 Å². The van der Waals surface area contributed by atoms with Gasteiger partial charge in [-0.3, -0.25) is 14.5 Å². The minimum absolute atomic E-state index is 0.0393. The number of nitrogens with one attached hydrogen (secondary N) is 1. The molecule has 2 aliphatic rings. The second-order valence-electron chi connectivity index (χ2n) is 9.32. The van der Waals surface area contributed by atoms with Crippen molar-refractivity contribution in [3.63, 3.8) is 0 Å². The van der Waals surface area contributed by atoms with E-state index in [2.05, 4.69) is 22.4 Å². The van der Waals surface area contributed by atoms with Gasteiger partial charge >= 0.3 is 6.03 Å². The molecule has 8 heteroatoms. The van der Waals surface area contributed by atoms with Crippen molar-refractivity contribution in [2.24, 2.45) is 5.92 Å². The maximum absolute atomic E-state index is 13.5. The van der Waals surface area contributed by atoms with Crippen molar-refractivity contribution in [2.75, 3.05) is 19.6 Å². The van der Waals surface area contributed by atoms with Crippen LogP contribution in [0.25, 0.3) is 0 Å². The highest BCUT2D eigenvalue weighted by Crippen LogP contribution is 2.36. The Kier molecular flexibility index (Phi) is 7.66. The first kappa shape index (κ1) is 24.4. The summed E-state index contributed by atoms with van der Waals surface area (Å²) in [7, 11) is 0. The molecule has 0 unspecified atom stereocenters. The van der Waals surface area contributed by atoms with Gasteiger partial charge in [-0.15, -0.1) is 11.3 Å². The minimum atomic E-state index is -0.859. The number of urea groups is 1. The number of rotatable bonds is 9. The Balaban J connectivity index is 1.30. The lowest BCUT2D eigenvalue weighted by Gasteiger charge is -2.40. The van der Waals surface area contributed by atoms with E-state index in [-0.39, 0.29) is 23.8 Å². The van der Waals surface area contributed by atoms with Crippen molar-refractivity contribution in [3.8, 4) is 0 Å². The summed E-state index contributed by atoms with van der Waals surface area (Å²) in [5, 5.41) is 3.05. The van der Waals surface area contributed by atoms with Crippen molar-refractivity contribution in [3.05, 3.63) is 52.0 Å². The zero-order valence-electron chi connectivity index (χ0n) is 20.1. The molecule has 0 spiro atoms. The van der Waals surface area contributed by atoms with Gasteiger partial charge in [0.1, 0.15) is 5.54 Å². The first-order valence-electron chi connectivity index (χ1n) is 12.3. The van der Waals surface area contributed by atoms with Crippen LogP contribution >= 0.6 is 11.3 Å². The summed E-state index contributed by atoms with van der Waals surface area (Å²) in [5.41, 5.74) is 3.15. The number of amides is 4. The number of carbonyl (C=O) groups is 3. The fraction of sp³-hybridized carbons (Fsp3) is 0.538. The normalized spacial score (nSPS) is 21.2. The van der Waals surface area contributed by atoms with E-state index in [1.165, 1.54) is 10.5 Å². The maximum atomic E-state index is 13.5. The van der Waals surface area contributed by atoms with E-state index in [0.29, 0.717) is 38.9 Å². The van der Waals surface area contributed by atoms with Crippen LogP contribution in [0.4, 0.5) is 4.79 Å². The minimum Gasteiger partial charge on any atom is -0.343 e. The Morgan fingerprint density at radius 2 is 1.91 bits per heavy atom. The van der Waals surface area contributed by atoms with Gasteiger partial charge in [-0.25, -0.2) is 9.78 Å². The molecule has 3 heterocycles. The lowest BCUT2D eigenvalue weighted by molar-refractivity contribution is -0.136. The van der Waals surface area contributed by atoms with Gasteiger partial charge in [-0.1, -0.05) is 37.3 Å². The number of carbonyl (C=O) groups excluding carboxylic acids is 3. The molecule has 0 saturated carbocycles. The van der Waals surface area contributed by atoms with Crippen LogP contribution in [0.15, 0.2) is 35.8 Å². The second-order valence-corrected chi connectivity index (χ2v) is 10.3. The van der Waals surface area contributed by atoms with Crippen LogP contribution in [0, 0.1) is 12.8 Å². The Morgan fingerprint density at radius 3 is 2.56 bits per heavy atom. The topological polar surface area (TPSA) is 82.6 Å². The zero-order valence-corrected chi connectivity index (χ0v) is 20.9. The molecular weight excluding hydrogens is 448 g/mol. The van der Waals surface area contributed by atoms with Crippen LogP contribution < -0.4 is 5.32 Å². The number of hydrogen-bond acceptors (Lipinski definition) is 5. The van der Waals surface area contributed by atoms with E-state index in [1.54, 1.807) is 16.8 Å². The SMILES string of the molecule is CC[C@]1(C2CCN(C(=O)CCCc3ccccc3)CC2)NC(=O)N(CCc2scnc2C)C1=O. The fourth-order valence-electron chi connectivity index (χ4n) is 5.30. The Labute approximate surface area is 205 Å². The third-order valence-electron chi connectivity index (χ3n) is 7.41. The predicted molar refractivity (Wildman–Crippen MR) is 133 cm³/mol. The number of likely N-dealkylation sites (tertiary alicyclic amines) is 1. The number of piperidine rings is 1. The molecule has 2 saturated heterocycles. The summed E-state index contributed by atoms with van der Waals surface area (Å²) in [5.74, 6) is 0.107. The summed E-state index contributed by atoms with van der Waals surface area (Å²) in [6.07, 6.45) is 4.93. The molecule has 4 rings (SSSR count). The number of benzene rings is 1. The van der Waals surface area contributed by atoms with E-state index >= 15 is 0 Å². The van der Waals surface area contributed by atoms with Gasteiger partial charge in [0, 0.05) is 37.4 Å². The van der Waals surface area contributed by atoms with Crippen molar-refractivity contribution in [1.82, 2.24) is 20.1 Å². The number of aryl methyl sites for hydroxylation is 2. The summed E-state index contributed by atoms with van der Waals surface area (Å²) >= 11 is 1.56. The van der Waals surface area contributed by atoms with Gasteiger partial charge in [0.2, 0.25) is 5.91 Å². The Hall–Kier alpha value is -2.74. The van der Waals surface area contributed by atoms with Crippen molar-refractivity contribution < 1.29 is 14.4 Å². The van der Waals surface area contributed by atoms with E-state index in [4.69, 9.17) is 0 Å². The first-order valence-corrected chi connectivity index (χ1v) is 13.2. The van der Waals surface area contributed by atoms with Gasteiger partial charge < -0.3 is 10.2 Å². The van der Waals surface area contributed by atoms with E-state index in [0.717, 1.165) is 36.3 Å². The zero-order chi connectivity index (χ0) is 24.1. The molecule has 0 aliphatic carbocycles. The van der Waals surface area contributed by atoms with Gasteiger partial charge in [-0.05, 0) is 50.5 Å². The molecule has 2 aromatic rings. The number of hydrogen-bond donors (Lipinski definition) is 1. The average molecular weight is 483 g/mol. The average Bonchev–Trinajstić information content (AvgIpc) is 3.38. The van der Waals surface area contributed by atoms with Crippen molar-refractivity contribution in [2.45, 2.75) is 64.3 Å². The van der Waals surface area contributed by atoms with Crippen LogP contribution in [0.1, 0.15) is 55.2 Å². The molecular formula is C26H34N4O3S. The molecule has 0 radical (unpaired) electrons. The summed E-state index contributed by atoms with van der Waals surface area (Å²) < 4.78 is 0. The second kappa shape index (κ2) is 10.7. The molecule has 182 valence electrons. The Bertz CT molecular complexity index is 1020. The molecule has 2 aliphatic heterocycles. The van der Waals surface area contributed by atoms with Crippen LogP contribution in [0.2, 0.25) is 0 Å². The highest BCUT2D eigenvalue weighted by atomic mass is 32.1. The molecule has 34 heavy (non-hydrogen) atoms. The molecule has 1 aromatic heterocycles.